The highest BCUT2D eigenvalue weighted by Gasteiger charge is 2.08. The second-order valence-electron chi connectivity index (χ2n) is 4.63. The zero-order valence-electron chi connectivity index (χ0n) is 11.8. The summed E-state index contributed by atoms with van der Waals surface area (Å²) in [7, 11) is 0. The quantitative estimate of drug-likeness (QED) is 0.880. The highest BCUT2D eigenvalue weighted by molar-refractivity contribution is 5.95. The summed E-state index contributed by atoms with van der Waals surface area (Å²) in [4.78, 5) is 27.2. The Labute approximate surface area is 123 Å². The predicted molar refractivity (Wildman–Crippen MR) is 80.8 cm³/mol. The number of amides is 2. The molecule has 3 N–H and O–H groups in total. The molecule has 0 aliphatic carbocycles. The molecule has 1 heterocycles. The third-order valence-corrected chi connectivity index (χ3v) is 3.02. The Kier molecular flexibility index (Phi) is 4.66. The summed E-state index contributed by atoms with van der Waals surface area (Å²) >= 11 is 0. The van der Waals surface area contributed by atoms with Crippen molar-refractivity contribution in [2.75, 3.05) is 6.54 Å². The van der Waals surface area contributed by atoms with Crippen molar-refractivity contribution in [3.63, 3.8) is 0 Å². The van der Waals surface area contributed by atoms with Crippen LogP contribution in [0.5, 0.6) is 0 Å². The monoisotopic (exact) mass is 283 g/mol. The van der Waals surface area contributed by atoms with Gasteiger partial charge in [0.05, 0.1) is 5.69 Å². The van der Waals surface area contributed by atoms with E-state index in [4.69, 9.17) is 5.73 Å². The summed E-state index contributed by atoms with van der Waals surface area (Å²) in [5.74, 6) is -0.587. The van der Waals surface area contributed by atoms with E-state index in [0.29, 0.717) is 23.4 Å². The molecule has 1 aromatic carbocycles. The molecule has 0 saturated carbocycles. The number of primary amides is 1. The summed E-state index contributed by atoms with van der Waals surface area (Å²) in [5, 5.41) is 2.82. The third-order valence-electron chi connectivity index (χ3n) is 3.02. The van der Waals surface area contributed by atoms with Gasteiger partial charge in [-0.05, 0) is 30.7 Å². The van der Waals surface area contributed by atoms with Gasteiger partial charge in [0.25, 0.3) is 5.91 Å². The molecule has 0 aliphatic heterocycles. The van der Waals surface area contributed by atoms with Crippen molar-refractivity contribution >= 4 is 11.8 Å². The van der Waals surface area contributed by atoms with Crippen LogP contribution >= 0.6 is 0 Å². The van der Waals surface area contributed by atoms with Gasteiger partial charge in [-0.25, -0.2) is 0 Å². The van der Waals surface area contributed by atoms with Gasteiger partial charge in [-0.1, -0.05) is 19.1 Å². The standard InChI is InChI=1S/C16H17N3O2/c1-2-8-19-16(21)13-7-9-18-14(10-13)11-3-5-12(6-4-11)15(17)20/h3-7,9-10H,2,8H2,1H3,(H2,17,20)(H,19,21). The molecule has 0 unspecified atom stereocenters. The van der Waals surface area contributed by atoms with E-state index in [1.54, 1.807) is 42.6 Å². The molecule has 0 aliphatic rings. The van der Waals surface area contributed by atoms with Gasteiger partial charge in [-0.3, -0.25) is 14.6 Å². The molecule has 1 aromatic heterocycles. The molecule has 2 amide bonds. The highest BCUT2D eigenvalue weighted by Crippen LogP contribution is 2.18. The molecule has 0 bridgehead atoms. The van der Waals surface area contributed by atoms with Crippen molar-refractivity contribution in [1.29, 1.82) is 0 Å². The summed E-state index contributed by atoms with van der Waals surface area (Å²) in [5.41, 5.74) is 7.71. The van der Waals surface area contributed by atoms with E-state index in [2.05, 4.69) is 10.3 Å². The fraction of sp³-hybridized carbons (Fsp3) is 0.188. The minimum Gasteiger partial charge on any atom is -0.366 e. The lowest BCUT2D eigenvalue weighted by Gasteiger charge is -2.06. The van der Waals surface area contributed by atoms with Crippen LogP contribution in [-0.4, -0.2) is 23.3 Å². The van der Waals surface area contributed by atoms with E-state index in [1.807, 2.05) is 6.92 Å². The molecule has 5 heteroatoms. The van der Waals surface area contributed by atoms with Crippen LogP contribution in [0.15, 0.2) is 42.6 Å². The third kappa shape index (κ3) is 3.66. The van der Waals surface area contributed by atoms with Crippen LogP contribution in [0.4, 0.5) is 0 Å². The molecule has 21 heavy (non-hydrogen) atoms. The first-order valence-corrected chi connectivity index (χ1v) is 6.76. The molecule has 0 spiro atoms. The summed E-state index contributed by atoms with van der Waals surface area (Å²) in [6, 6.07) is 10.2. The van der Waals surface area contributed by atoms with Gasteiger partial charge in [-0.2, -0.15) is 0 Å². The first-order chi connectivity index (χ1) is 10.1. The average Bonchev–Trinajstić information content (AvgIpc) is 2.52. The van der Waals surface area contributed by atoms with Crippen LogP contribution in [0.3, 0.4) is 0 Å². The second kappa shape index (κ2) is 6.65. The maximum Gasteiger partial charge on any atom is 0.251 e. The molecule has 0 radical (unpaired) electrons. The van der Waals surface area contributed by atoms with Crippen molar-refractivity contribution in [2.45, 2.75) is 13.3 Å². The van der Waals surface area contributed by atoms with E-state index >= 15 is 0 Å². The molecular weight excluding hydrogens is 266 g/mol. The van der Waals surface area contributed by atoms with Crippen LogP contribution in [0, 0.1) is 0 Å². The number of carbonyl (C=O) groups is 2. The molecule has 0 atom stereocenters. The summed E-state index contributed by atoms with van der Waals surface area (Å²) in [6.45, 7) is 2.64. The fourth-order valence-corrected chi connectivity index (χ4v) is 1.88. The second-order valence-corrected chi connectivity index (χ2v) is 4.63. The van der Waals surface area contributed by atoms with Gasteiger partial charge >= 0.3 is 0 Å². The Bertz CT molecular complexity index is 651. The number of nitrogens with two attached hydrogens (primary N) is 1. The molecular formula is C16H17N3O2. The van der Waals surface area contributed by atoms with Crippen LogP contribution in [0.25, 0.3) is 11.3 Å². The first-order valence-electron chi connectivity index (χ1n) is 6.76. The average molecular weight is 283 g/mol. The van der Waals surface area contributed by atoms with Crippen LogP contribution < -0.4 is 11.1 Å². The van der Waals surface area contributed by atoms with Gasteiger partial charge in [0.2, 0.25) is 5.91 Å². The van der Waals surface area contributed by atoms with Crippen molar-refractivity contribution < 1.29 is 9.59 Å². The molecule has 2 rings (SSSR count). The van der Waals surface area contributed by atoms with E-state index < -0.39 is 5.91 Å². The molecule has 0 saturated heterocycles. The number of hydrogen-bond donors (Lipinski definition) is 2. The van der Waals surface area contributed by atoms with Crippen molar-refractivity contribution in [3.05, 3.63) is 53.7 Å². The van der Waals surface area contributed by atoms with E-state index in [9.17, 15) is 9.59 Å². The van der Waals surface area contributed by atoms with Gasteiger partial charge in [0.1, 0.15) is 0 Å². The number of hydrogen-bond acceptors (Lipinski definition) is 3. The molecule has 2 aromatic rings. The fourth-order valence-electron chi connectivity index (χ4n) is 1.88. The number of rotatable bonds is 5. The Morgan fingerprint density at radius 3 is 2.48 bits per heavy atom. The highest BCUT2D eigenvalue weighted by atomic mass is 16.2. The van der Waals surface area contributed by atoms with Crippen molar-refractivity contribution in [1.82, 2.24) is 10.3 Å². The Morgan fingerprint density at radius 1 is 1.14 bits per heavy atom. The van der Waals surface area contributed by atoms with E-state index in [0.717, 1.165) is 12.0 Å². The van der Waals surface area contributed by atoms with E-state index in [1.165, 1.54) is 0 Å². The maximum absolute atomic E-state index is 11.9. The van der Waals surface area contributed by atoms with Crippen LogP contribution in [0.2, 0.25) is 0 Å². The normalized spacial score (nSPS) is 10.1. The predicted octanol–water partition coefficient (Wildman–Crippen LogP) is 1.99. The van der Waals surface area contributed by atoms with Gasteiger partial charge in [0.15, 0.2) is 0 Å². The van der Waals surface area contributed by atoms with Gasteiger partial charge in [0, 0.05) is 29.4 Å². The van der Waals surface area contributed by atoms with Crippen molar-refractivity contribution in [2.24, 2.45) is 5.73 Å². The number of nitrogens with one attached hydrogen (secondary N) is 1. The Hall–Kier alpha value is -2.69. The zero-order valence-corrected chi connectivity index (χ0v) is 11.8. The number of nitrogens with zero attached hydrogens (tertiary/aromatic N) is 1. The zero-order chi connectivity index (χ0) is 15.2. The Balaban J connectivity index is 2.24. The summed E-state index contributed by atoms with van der Waals surface area (Å²) < 4.78 is 0. The molecule has 108 valence electrons. The van der Waals surface area contributed by atoms with Crippen molar-refractivity contribution in [3.8, 4) is 11.3 Å². The minimum absolute atomic E-state index is 0.116. The van der Waals surface area contributed by atoms with Crippen LogP contribution in [0.1, 0.15) is 34.1 Å². The Morgan fingerprint density at radius 2 is 1.86 bits per heavy atom. The largest absolute Gasteiger partial charge is 0.366 e. The molecule has 0 fully saturated rings. The number of benzene rings is 1. The lowest BCUT2D eigenvalue weighted by molar-refractivity contribution is 0.0952. The lowest BCUT2D eigenvalue weighted by atomic mass is 10.1. The van der Waals surface area contributed by atoms with Crippen LogP contribution in [-0.2, 0) is 0 Å². The summed E-state index contributed by atoms with van der Waals surface area (Å²) in [6.07, 6.45) is 2.48. The topological polar surface area (TPSA) is 85.1 Å². The molecule has 5 nitrogen and oxygen atoms in total. The maximum atomic E-state index is 11.9. The first kappa shape index (κ1) is 14.7. The van der Waals surface area contributed by atoms with Gasteiger partial charge < -0.3 is 11.1 Å². The minimum atomic E-state index is -0.470. The lowest BCUT2D eigenvalue weighted by Crippen LogP contribution is -2.23. The SMILES string of the molecule is CCCNC(=O)c1ccnc(-c2ccc(C(N)=O)cc2)c1. The van der Waals surface area contributed by atoms with Gasteiger partial charge in [-0.15, -0.1) is 0 Å². The number of aromatic nitrogens is 1. The van der Waals surface area contributed by atoms with E-state index in [-0.39, 0.29) is 5.91 Å². The smallest absolute Gasteiger partial charge is 0.251 e. The number of carbonyl (C=O) groups excluding carboxylic acids is 2. The number of pyridine rings is 1.